The van der Waals surface area contributed by atoms with Crippen LogP contribution in [0, 0.1) is 0 Å². The molecule has 0 rings (SSSR count). The third kappa shape index (κ3) is 13.2. The van der Waals surface area contributed by atoms with Crippen molar-refractivity contribution in [1.82, 2.24) is 0 Å². The van der Waals surface area contributed by atoms with E-state index in [1.165, 1.54) is 0 Å². The van der Waals surface area contributed by atoms with Gasteiger partial charge in [0, 0.05) is 17.1 Å². The molecule has 0 aromatic heterocycles. The summed E-state index contributed by atoms with van der Waals surface area (Å²) in [6, 6.07) is 0. The minimum absolute atomic E-state index is 0. The van der Waals surface area contributed by atoms with E-state index in [-0.39, 0.29) is 17.1 Å². The first-order chi connectivity index (χ1) is 3.56. The van der Waals surface area contributed by atoms with Crippen molar-refractivity contribution in [1.29, 1.82) is 0 Å². The van der Waals surface area contributed by atoms with Crippen LogP contribution in [0.25, 0.3) is 0 Å². The standard InChI is InChI=1S/C4H9.3ClH.Fe.Sn/c1-3-4-2;;;;;/h1,3-4H2,2H3;3*1H;;/q;;;;;+3/p-3. The first kappa shape index (κ1) is 13.8. The predicted octanol–water partition coefficient (Wildman–Crippen LogP) is 3.44. The molecule has 0 aliphatic heterocycles. The van der Waals surface area contributed by atoms with Crippen molar-refractivity contribution >= 4 is 41.8 Å². The van der Waals surface area contributed by atoms with E-state index in [1.54, 1.807) is 0 Å². The van der Waals surface area contributed by atoms with Crippen LogP contribution in [0.15, 0.2) is 0 Å². The zero-order valence-electron chi connectivity index (χ0n) is 5.11. The fourth-order valence-electron chi connectivity index (χ4n) is 0.377. The fraction of sp³-hybridized carbons (Fsp3) is 1.00. The quantitative estimate of drug-likeness (QED) is 0.692. The Balaban J connectivity index is 0. The van der Waals surface area contributed by atoms with Gasteiger partial charge >= 0.3 is 66.0 Å². The van der Waals surface area contributed by atoms with Gasteiger partial charge in [-0.15, -0.1) is 0 Å². The molecular weight excluding hydrogens is 329 g/mol. The van der Waals surface area contributed by atoms with E-state index in [4.69, 9.17) is 26.8 Å². The number of unbranched alkanes of at least 4 members (excludes halogenated alkanes) is 1. The molecular formula is C4H9Cl3FeSn. The molecule has 0 nitrogen and oxygen atoms in total. The third-order valence-corrected chi connectivity index (χ3v) is 7.24. The molecule has 0 amide bonds. The Labute approximate surface area is 82.1 Å². The van der Waals surface area contributed by atoms with Crippen molar-refractivity contribution in [3.8, 4) is 0 Å². The first-order valence-electron chi connectivity index (χ1n) is 2.63. The van der Waals surface area contributed by atoms with Gasteiger partial charge in [-0.2, -0.15) is 0 Å². The summed E-state index contributed by atoms with van der Waals surface area (Å²) in [4.78, 5) is 0. The van der Waals surface area contributed by atoms with Gasteiger partial charge in [0.05, 0.1) is 0 Å². The van der Waals surface area contributed by atoms with Gasteiger partial charge in [0.15, 0.2) is 0 Å². The monoisotopic (exact) mass is 338 g/mol. The minimum Gasteiger partial charge on any atom is 0 e. The Morgan fingerprint density at radius 1 is 1.22 bits per heavy atom. The van der Waals surface area contributed by atoms with Crippen molar-refractivity contribution in [3.63, 3.8) is 0 Å². The predicted molar refractivity (Wildman–Crippen MR) is 43.0 cm³/mol. The summed E-state index contributed by atoms with van der Waals surface area (Å²) < 4.78 is 0.871. The summed E-state index contributed by atoms with van der Waals surface area (Å²) in [6.07, 6.45) is 2.21. The molecule has 0 radical (unpaired) electrons. The zero-order chi connectivity index (χ0) is 6.62. The maximum Gasteiger partial charge on any atom is 0 e. The second-order valence-corrected chi connectivity index (χ2v) is 23.5. The second-order valence-electron chi connectivity index (χ2n) is 1.72. The Kier molecular flexibility index (Phi) is 10.5. The van der Waals surface area contributed by atoms with Crippen LogP contribution in [-0.4, -0.2) is 15.0 Å². The molecule has 58 valence electrons. The summed E-state index contributed by atoms with van der Waals surface area (Å²) in [5, 5.41) is 0. The van der Waals surface area contributed by atoms with Crippen LogP contribution in [0.2, 0.25) is 4.44 Å². The van der Waals surface area contributed by atoms with Crippen molar-refractivity contribution in [2.24, 2.45) is 0 Å². The molecule has 0 atom stereocenters. The molecule has 0 bridgehead atoms. The van der Waals surface area contributed by atoms with Crippen LogP contribution in [0.3, 0.4) is 0 Å². The fourth-order valence-corrected chi connectivity index (χ4v) is 5.22. The third-order valence-electron chi connectivity index (χ3n) is 0.814. The van der Waals surface area contributed by atoms with E-state index in [0.29, 0.717) is 0 Å². The molecule has 0 aromatic carbocycles. The molecule has 9 heavy (non-hydrogen) atoms. The molecule has 0 saturated carbocycles. The van der Waals surface area contributed by atoms with Gasteiger partial charge in [-0.25, -0.2) is 0 Å². The van der Waals surface area contributed by atoms with E-state index in [2.05, 4.69) is 6.92 Å². The Hall–Kier alpha value is 2.19. The van der Waals surface area contributed by atoms with Gasteiger partial charge in [-0.1, -0.05) is 0 Å². The Bertz CT molecular complexity index is 63.3. The van der Waals surface area contributed by atoms with Crippen LogP contribution < -0.4 is 0 Å². The number of halogens is 3. The van der Waals surface area contributed by atoms with Gasteiger partial charge in [-0.3, -0.25) is 0 Å². The van der Waals surface area contributed by atoms with Crippen molar-refractivity contribution in [2.45, 2.75) is 24.2 Å². The van der Waals surface area contributed by atoms with Crippen LogP contribution in [0.1, 0.15) is 19.8 Å². The summed E-state index contributed by atoms with van der Waals surface area (Å²) in [7, 11) is 17.0. The van der Waals surface area contributed by atoms with Gasteiger partial charge in [0.1, 0.15) is 0 Å². The van der Waals surface area contributed by atoms with Gasteiger partial charge in [-0.05, 0) is 0 Å². The maximum atomic E-state index is 5.65. The molecule has 0 saturated heterocycles. The molecule has 0 spiro atoms. The topological polar surface area (TPSA) is 0 Å². The number of hydrogen-bond acceptors (Lipinski definition) is 0. The molecule has 0 aromatic rings. The molecule has 0 unspecified atom stereocenters. The van der Waals surface area contributed by atoms with E-state index in [1.807, 2.05) is 0 Å². The van der Waals surface area contributed by atoms with E-state index in [9.17, 15) is 0 Å². The Morgan fingerprint density at radius 3 is 1.78 bits per heavy atom. The van der Waals surface area contributed by atoms with E-state index in [0.717, 1.165) is 17.3 Å². The number of hydrogen-bond donors (Lipinski definition) is 0. The summed E-state index contributed by atoms with van der Waals surface area (Å²) in [5.41, 5.74) is 0. The van der Waals surface area contributed by atoms with Gasteiger partial charge in [0.25, 0.3) is 0 Å². The summed E-state index contributed by atoms with van der Waals surface area (Å²) in [5.74, 6) is 0. The average Bonchev–Trinajstić information content (AvgIpc) is 1.59. The molecule has 5 heteroatoms. The zero-order valence-corrected chi connectivity index (χ0v) is 11.3. The normalized spacial score (nSPS) is 10.7. The second kappa shape index (κ2) is 6.87. The van der Waals surface area contributed by atoms with Gasteiger partial charge in [0.2, 0.25) is 0 Å². The summed E-state index contributed by atoms with van der Waals surface area (Å²) >= 11 is -2.89. The van der Waals surface area contributed by atoms with Crippen LogP contribution in [0.4, 0.5) is 0 Å². The van der Waals surface area contributed by atoms with Crippen molar-refractivity contribution in [2.75, 3.05) is 0 Å². The molecule has 0 aliphatic rings. The SMILES string of the molecule is CCC[CH2][Sn]([Cl])([Cl])[Cl].[Fe]. The van der Waals surface area contributed by atoms with E-state index >= 15 is 0 Å². The maximum absolute atomic E-state index is 5.65. The number of rotatable bonds is 3. The van der Waals surface area contributed by atoms with Crippen LogP contribution >= 0.6 is 26.8 Å². The average molecular weight is 338 g/mol. The largest absolute Gasteiger partial charge is 0 e. The Morgan fingerprint density at radius 2 is 1.67 bits per heavy atom. The smallest absolute Gasteiger partial charge is 0 e. The molecule has 0 fully saturated rings. The van der Waals surface area contributed by atoms with Gasteiger partial charge < -0.3 is 0 Å². The van der Waals surface area contributed by atoms with Crippen molar-refractivity contribution in [3.05, 3.63) is 0 Å². The minimum atomic E-state index is -2.89. The molecule has 0 heterocycles. The van der Waals surface area contributed by atoms with Crippen LogP contribution in [-0.2, 0) is 17.1 Å². The molecule has 0 aliphatic carbocycles. The molecule has 0 N–H and O–H groups in total. The van der Waals surface area contributed by atoms with Crippen LogP contribution in [0.5, 0.6) is 0 Å². The van der Waals surface area contributed by atoms with Crippen molar-refractivity contribution < 1.29 is 17.1 Å². The van der Waals surface area contributed by atoms with E-state index < -0.39 is 15.0 Å². The first-order valence-corrected chi connectivity index (χ1v) is 15.5. The summed E-state index contributed by atoms with van der Waals surface area (Å²) in [6.45, 7) is 2.10.